The highest BCUT2D eigenvalue weighted by atomic mass is 14.7. The van der Waals surface area contributed by atoms with E-state index in [2.05, 4.69) is 31.0 Å². The van der Waals surface area contributed by atoms with Crippen molar-refractivity contribution in [2.24, 2.45) is 0 Å². The van der Waals surface area contributed by atoms with Crippen molar-refractivity contribution >= 4 is 0 Å². The highest BCUT2D eigenvalue weighted by Crippen LogP contribution is 2.10. The zero-order valence-corrected chi connectivity index (χ0v) is 10.8. The Bertz CT molecular complexity index is 255. The Balaban J connectivity index is 2.37. The van der Waals surface area contributed by atoms with E-state index < -0.39 is 0 Å². The van der Waals surface area contributed by atoms with Crippen LogP contribution in [0, 0.1) is 0 Å². The number of hydrogen-bond donors (Lipinski definition) is 0. The van der Waals surface area contributed by atoms with E-state index in [1.165, 1.54) is 56.2 Å². The zero-order chi connectivity index (χ0) is 11.6. The van der Waals surface area contributed by atoms with E-state index in [-0.39, 0.29) is 0 Å². The van der Waals surface area contributed by atoms with E-state index >= 15 is 0 Å². The summed E-state index contributed by atoms with van der Waals surface area (Å²) in [5, 5.41) is 0. The van der Waals surface area contributed by atoms with Gasteiger partial charge >= 0.3 is 0 Å². The summed E-state index contributed by atoms with van der Waals surface area (Å²) in [5.74, 6) is 0. The molecule has 0 unspecified atom stereocenters. The predicted octanol–water partition coefficient (Wildman–Crippen LogP) is 4.55. The molecular formula is C15H25N. The first-order chi connectivity index (χ1) is 7.86. The van der Waals surface area contributed by atoms with Gasteiger partial charge in [-0.1, -0.05) is 39.5 Å². The summed E-state index contributed by atoms with van der Waals surface area (Å²) in [6.45, 7) is 4.50. The van der Waals surface area contributed by atoms with Gasteiger partial charge < -0.3 is 0 Å². The minimum absolute atomic E-state index is 1.15. The van der Waals surface area contributed by atoms with Crippen molar-refractivity contribution in [3.8, 4) is 0 Å². The van der Waals surface area contributed by atoms with Crippen molar-refractivity contribution in [2.75, 3.05) is 0 Å². The van der Waals surface area contributed by atoms with Gasteiger partial charge in [-0.2, -0.15) is 0 Å². The second-order valence-corrected chi connectivity index (χ2v) is 4.57. The summed E-state index contributed by atoms with van der Waals surface area (Å²) in [5.41, 5.74) is 2.75. The smallest absolute Gasteiger partial charge is 0.0406 e. The van der Waals surface area contributed by atoms with Crippen LogP contribution in [0.5, 0.6) is 0 Å². The highest BCUT2D eigenvalue weighted by molar-refractivity contribution is 5.16. The van der Waals surface area contributed by atoms with Gasteiger partial charge in [0.25, 0.3) is 0 Å². The summed E-state index contributed by atoms with van der Waals surface area (Å²) in [6.07, 6.45) is 12.2. The van der Waals surface area contributed by atoms with Gasteiger partial charge in [0.1, 0.15) is 0 Å². The summed E-state index contributed by atoms with van der Waals surface area (Å²) in [4.78, 5) is 4.44. The molecule has 16 heavy (non-hydrogen) atoms. The molecule has 0 amide bonds. The van der Waals surface area contributed by atoms with Gasteiger partial charge in [0.2, 0.25) is 0 Å². The number of rotatable bonds is 8. The number of hydrogen-bond acceptors (Lipinski definition) is 1. The van der Waals surface area contributed by atoms with Crippen LogP contribution in [0.1, 0.15) is 63.6 Å². The lowest BCUT2D eigenvalue weighted by molar-refractivity contribution is 0.700. The lowest BCUT2D eigenvalue weighted by atomic mass is 10.1. The Morgan fingerprint density at radius 1 is 0.938 bits per heavy atom. The normalized spacial score (nSPS) is 10.6. The molecule has 1 aromatic rings. The Morgan fingerprint density at radius 2 is 1.62 bits per heavy atom. The molecule has 0 aromatic carbocycles. The molecule has 0 fully saturated rings. The summed E-state index contributed by atoms with van der Waals surface area (Å²) >= 11 is 0. The van der Waals surface area contributed by atoms with Crippen LogP contribution in [0.4, 0.5) is 0 Å². The molecule has 1 nitrogen and oxygen atoms in total. The molecule has 1 heteroatoms. The number of aryl methyl sites for hydroxylation is 2. The number of unbranched alkanes of at least 4 members (excludes halogenated alkanes) is 4. The fourth-order valence-corrected chi connectivity index (χ4v) is 1.96. The van der Waals surface area contributed by atoms with E-state index in [9.17, 15) is 0 Å². The van der Waals surface area contributed by atoms with Crippen molar-refractivity contribution in [1.82, 2.24) is 4.98 Å². The van der Waals surface area contributed by atoms with Crippen LogP contribution in [0.2, 0.25) is 0 Å². The maximum absolute atomic E-state index is 4.44. The SMILES string of the molecule is CCCCCc1ccnc(CCCCC)c1. The highest BCUT2D eigenvalue weighted by Gasteiger charge is 1.98. The molecule has 0 N–H and O–H groups in total. The zero-order valence-electron chi connectivity index (χ0n) is 10.8. The van der Waals surface area contributed by atoms with Crippen LogP contribution < -0.4 is 0 Å². The third-order valence-electron chi connectivity index (χ3n) is 2.99. The molecule has 0 aliphatic carbocycles. The standard InChI is InChI=1S/C15H25N/c1-3-5-7-9-14-11-12-16-15(13-14)10-8-6-4-2/h11-13H,3-10H2,1-2H3. The first-order valence-electron chi connectivity index (χ1n) is 6.80. The van der Waals surface area contributed by atoms with Gasteiger partial charge in [-0.15, -0.1) is 0 Å². The van der Waals surface area contributed by atoms with Crippen LogP contribution >= 0.6 is 0 Å². The predicted molar refractivity (Wildman–Crippen MR) is 70.7 cm³/mol. The number of pyridine rings is 1. The largest absolute Gasteiger partial charge is 0.261 e. The van der Waals surface area contributed by atoms with E-state index in [1.54, 1.807) is 0 Å². The Kier molecular flexibility index (Phi) is 6.87. The minimum Gasteiger partial charge on any atom is -0.261 e. The van der Waals surface area contributed by atoms with Gasteiger partial charge in [0.15, 0.2) is 0 Å². The average molecular weight is 219 g/mol. The Morgan fingerprint density at radius 3 is 2.31 bits per heavy atom. The van der Waals surface area contributed by atoms with Crippen molar-refractivity contribution < 1.29 is 0 Å². The second kappa shape index (κ2) is 8.32. The van der Waals surface area contributed by atoms with Gasteiger partial charge in [0, 0.05) is 11.9 Å². The molecule has 0 saturated carbocycles. The van der Waals surface area contributed by atoms with Crippen LogP contribution in [0.15, 0.2) is 18.3 Å². The lowest BCUT2D eigenvalue weighted by Gasteiger charge is -2.04. The van der Waals surface area contributed by atoms with Gasteiger partial charge in [0.05, 0.1) is 0 Å². The maximum atomic E-state index is 4.44. The van der Waals surface area contributed by atoms with Crippen molar-refractivity contribution in [3.63, 3.8) is 0 Å². The fourth-order valence-electron chi connectivity index (χ4n) is 1.96. The summed E-state index contributed by atoms with van der Waals surface area (Å²) in [6, 6.07) is 4.46. The van der Waals surface area contributed by atoms with Crippen molar-refractivity contribution in [2.45, 2.75) is 65.2 Å². The van der Waals surface area contributed by atoms with E-state index in [0.29, 0.717) is 0 Å². The third-order valence-corrected chi connectivity index (χ3v) is 2.99. The molecule has 0 saturated heterocycles. The van der Waals surface area contributed by atoms with Crippen LogP contribution in [0.3, 0.4) is 0 Å². The second-order valence-electron chi connectivity index (χ2n) is 4.57. The number of nitrogens with zero attached hydrogens (tertiary/aromatic N) is 1. The van der Waals surface area contributed by atoms with Crippen LogP contribution in [-0.2, 0) is 12.8 Å². The molecule has 90 valence electrons. The summed E-state index contributed by atoms with van der Waals surface area (Å²) < 4.78 is 0. The lowest BCUT2D eigenvalue weighted by Crippen LogP contribution is -1.93. The monoisotopic (exact) mass is 219 g/mol. The molecule has 0 atom stereocenters. The molecule has 0 aliphatic rings. The third kappa shape index (κ3) is 5.29. The van der Waals surface area contributed by atoms with Crippen molar-refractivity contribution in [1.29, 1.82) is 0 Å². The van der Waals surface area contributed by atoms with Gasteiger partial charge in [-0.05, 0) is 43.4 Å². The van der Waals surface area contributed by atoms with E-state index in [4.69, 9.17) is 0 Å². The van der Waals surface area contributed by atoms with Crippen LogP contribution in [0.25, 0.3) is 0 Å². The molecule has 0 spiro atoms. The first kappa shape index (κ1) is 13.2. The molecule has 0 aliphatic heterocycles. The quantitative estimate of drug-likeness (QED) is 0.585. The van der Waals surface area contributed by atoms with E-state index in [1.807, 2.05) is 6.20 Å². The molecule has 0 bridgehead atoms. The molecule has 1 heterocycles. The Hall–Kier alpha value is -0.850. The fraction of sp³-hybridized carbons (Fsp3) is 0.667. The maximum Gasteiger partial charge on any atom is 0.0406 e. The minimum atomic E-state index is 1.15. The molecule has 1 aromatic heterocycles. The molecule has 0 radical (unpaired) electrons. The number of aromatic nitrogens is 1. The average Bonchev–Trinajstić information content (AvgIpc) is 2.30. The van der Waals surface area contributed by atoms with E-state index in [0.717, 1.165) is 6.42 Å². The molecule has 1 rings (SSSR count). The van der Waals surface area contributed by atoms with Crippen LogP contribution in [-0.4, -0.2) is 4.98 Å². The van der Waals surface area contributed by atoms with Gasteiger partial charge in [-0.25, -0.2) is 0 Å². The Labute approximate surface area is 100 Å². The molecular weight excluding hydrogens is 194 g/mol. The van der Waals surface area contributed by atoms with Gasteiger partial charge in [-0.3, -0.25) is 4.98 Å². The van der Waals surface area contributed by atoms with Crippen molar-refractivity contribution in [3.05, 3.63) is 29.6 Å². The topological polar surface area (TPSA) is 12.9 Å². The first-order valence-corrected chi connectivity index (χ1v) is 6.80. The summed E-state index contributed by atoms with van der Waals surface area (Å²) in [7, 11) is 0.